The molecule has 67 heavy (non-hydrogen) atoms. The van der Waals surface area contributed by atoms with E-state index < -0.39 is 10.8 Å². The zero-order valence-corrected chi connectivity index (χ0v) is 37.6. The lowest BCUT2D eigenvalue weighted by molar-refractivity contribution is 0.663. The topological polar surface area (TPSA) is 0 Å². The highest BCUT2D eigenvalue weighted by molar-refractivity contribution is 6.16. The Hall–Kier alpha value is -8.06. The van der Waals surface area contributed by atoms with Crippen LogP contribution in [0.1, 0.15) is 69.5 Å². The lowest BCUT2D eigenvalue weighted by Gasteiger charge is -2.34. The fourth-order valence-corrected chi connectivity index (χ4v) is 13.0. The molecular weight excluding hydrogens is 805 g/mol. The van der Waals surface area contributed by atoms with Crippen molar-refractivity contribution in [1.82, 2.24) is 0 Å². The average molecular weight is 851 g/mol. The van der Waals surface area contributed by atoms with Gasteiger partial charge in [0.2, 0.25) is 0 Å². The third kappa shape index (κ3) is 5.08. The molecule has 0 N–H and O–H groups in total. The minimum Gasteiger partial charge on any atom is -0.0622 e. The normalized spacial score (nSPS) is 15.1. The summed E-state index contributed by atoms with van der Waals surface area (Å²) in [6, 6.07) is 91.8. The van der Waals surface area contributed by atoms with Crippen LogP contribution < -0.4 is 0 Å². The Kier molecular flexibility index (Phi) is 7.97. The van der Waals surface area contributed by atoms with Gasteiger partial charge in [0.15, 0.2) is 0 Å². The van der Waals surface area contributed by atoms with E-state index in [0.29, 0.717) is 0 Å². The SMILES string of the molecule is CC1(C)c2cc(-c3ccc4c(c3)C(c3ccccc3)(c3ccccc3)c3ccccc3-4)cc3ccc4cc(-c5ccc6c(c5)C(c5ccccc5)(c5ccccc5)c5ccccc5-6)cc1c4c23. The second kappa shape index (κ2) is 14.0. The van der Waals surface area contributed by atoms with Crippen LogP contribution in [0.2, 0.25) is 0 Å². The molecule has 14 rings (SSSR count). The Bertz CT molecular complexity index is 3470. The predicted molar refractivity (Wildman–Crippen MR) is 279 cm³/mol. The van der Waals surface area contributed by atoms with Gasteiger partial charge in [-0.2, -0.15) is 0 Å². The zero-order valence-electron chi connectivity index (χ0n) is 37.6. The summed E-state index contributed by atoms with van der Waals surface area (Å²) in [7, 11) is 0. The molecule has 3 aliphatic carbocycles. The smallest absolute Gasteiger partial charge is 0.0622 e. The highest BCUT2D eigenvalue weighted by Gasteiger charge is 2.48. The van der Waals surface area contributed by atoms with Crippen LogP contribution in [0.3, 0.4) is 0 Å². The fourth-order valence-electron chi connectivity index (χ4n) is 13.0. The van der Waals surface area contributed by atoms with Crippen LogP contribution in [0, 0.1) is 0 Å². The molecule has 3 aliphatic rings. The maximum absolute atomic E-state index is 2.51. The Morgan fingerprint density at radius 3 is 0.925 bits per heavy atom. The highest BCUT2D eigenvalue weighted by Crippen LogP contribution is 2.59. The van der Waals surface area contributed by atoms with Gasteiger partial charge in [-0.05, 0) is 158 Å². The lowest BCUT2D eigenvalue weighted by atomic mass is 9.67. The molecule has 0 aliphatic heterocycles. The standard InChI is InChI=1S/C67H46/c1-65(2)61-41-47(43-33-35-55-53-27-15-17-29-57(53)66(59(55)39-43,49-19-7-3-8-20-49)50-21-9-4-10-22-50)37-45-31-32-46-38-48(42-62(65)64(46)63(45)61)44-34-36-56-54-28-16-18-30-58(54)67(60(56)40-44,51-23-11-5-12-24-51)52-25-13-6-14-26-52/h3-42H,1-2H3. The van der Waals surface area contributed by atoms with Crippen molar-refractivity contribution < 1.29 is 0 Å². The molecule has 0 heterocycles. The van der Waals surface area contributed by atoms with Gasteiger partial charge in [0.1, 0.15) is 0 Å². The number of rotatable bonds is 6. The van der Waals surface area contributed by atoms with Crippen molar-refractivity contribution in [2.45, 2.75) is 30.1 Å². The maximum Gasteiger partial charge on any atom is 0.0713 e. The van der Waals surface area contributed by atoms with Crippen LogP contribution in [-0.4, -0.2) is 0 Å². The first-order valence-electron chi connectivity index (χ1n) is 23.7. The molecule has 314 valence electrons. The Balaban J connectivity index is 0.925. The van der Waals surface area contributed by atoms with E-state index in [2.05, 4.69) is 257 Å². The first-order valence-corrected chi connectivity index (χ1v) is 23.7. The number of hydrogen-bond donors (Lipinski definition) is 0. The first-order chi connectivity index (χ1) is 33.0. The minimum absolute atomic E-state index is 0.220. The van der Waals surface area contributed by atoms with Crippen molar-refractivity contribution in [3.05, 3.63) is 298 Å². The summed E-state index contributed by atoms with van der Waals surface area (Å²) < 4.78 is 0. The van der Waals surface area contributed by atoms with E-state index in [1.807, 2.05) is 0 Å². The van der Waals surface area contributed by atoms with Gasteiger partial charge in [-0.3, -0.25) is 0 Å². The van der Waals surface area contributed by atoms with Crippen LogP contribution in [0.15, 0.2) is 243 Å². The van der Waals surface area contributed by atoms with Gasteiger partial charge in [0.05, 0.1) is 10.8 Å². The summed E-state index contributed by atoms with van der Waals surface area (Å²) in [6.07, 6.45) is 0. The van der Waals surface area contributed by atoms with Crippen molar-refractivity contribution in [1.29, 1.82) is 0 Å². The summed E-state index contributed by atoms with van der Waals surface area (Å²) in [5.74, 6) is 0. The first kappa shape index (κ1) is 38.2. The summed E-state index contributed by atoms with van der Waals surface area (Å²) in [4.78, 5) is 0. The summed E-state index contributed by atoms with van der Waals surface area (Å²) in [5, 5.41) is 5.37. The molecular formula is C67H46. The van der Waals surface area contributed by atoms with Crippen LogP contribution in [-0.2, 0) is 16.2 Å². The molecule has 0 unspecified atom stereocenters. The summed E-state index contributed by atoms with van der Waals surface area (Å²) >= 11 is 0. The van der Waals surface area contributed by atoms with E-state index in [-0.39, 0.29) is 5.41 Å². The monoisotopic (exact) mass is 850 g/mol. The molecule has 0 amide bonds. The van der Waals surface area contributed by atoms with Crippen molar-refractivity contribution in [3.8, 4) is 44.5 Å². The van der Waals surface area contributed by atoms with Gasteiger partial charge in [0.25, 0.3) is 0 Å². The predicted octanol–water partition coefficient (Wildman–Crippen LogP) is 16.7. The Morgan fingerprint density at radius 1 is 0.239 bits per heavy atom. The number of benzene rings is 11. The molecule has 0 aromatic heterocycles. The molecule has 0 saturated heterocycles. The molecule has 0 saturated carbocycles. The van der Waals surface area contributed by atoms with Crippen molar-refractivity contribution >= 4 is 21.5 Å². The third-order valence-electron chi connectivity index (χ3n) is 16.0. The average Bonchev–Trinajstić information content (AvgIpc) is 3.95. The van der Waals surface area contributed by atoms with Crippen LogP contribution in [0.4, 0.5) is 0 Å². The van der Waals surface area contributed by atoms with E-state index in [1.165, 1.54) is 122 Å². The highest BCUT2D eigenvalue weighted by atomic mass is 14.5. The Labute approximate surface area is 392 Å². The molecule has 0 radical (unpaired) electrons. The molecule has 0 spiro atoms. The summed E-state index contributed by atoms with van der Waals surface area (Å²) in [5.41, 5.74) is 22.4. The van der Waals surface area contributed by atoms with Crippen LogP contribution >= 0.6 is 0 Å². The van der Waals surface area contributed by atoms with Gasteiger partial charge >= 0.3 is 0 Å². The van der Waals surface area contributed by atoms with E-state index in [0.717, 1.165) is 0 Å². The lowest BCUT2D eigenvalue weighted by Crippen LogP contribution is -2.28. The molecule has 0 heteroatoms. The van der Waals surface area contributed by atoms with E-state index >= 15 is 0 Å². The maximum atomic E-state index is 2.51. The third-order valence-corrected chi connectivity index (χ3v) is 16.0. The van der Waals surface area contributed by atoms with Crippen molar-refractivity contribution in [2.24, 2.45) is 0 Å². The quantitative estimate of drug-likeness (QED) is 0.146. The second-order valence-corrected chi connectivity index (χ2v) is 19.5. The molecule has 0 atom stereocenters. The molecule has 0 bridgehead atoms. The van der Waals surface area contributed by atoms with Gasteiger partial charge in [-0.1, -0.05) is 220 Å². The fraction of sp³-hybridized carbons (Fsp3) is 0.0746. The summed E-state index contributed by atoms with van der Waals surface area (Å²) in [6.45, 7) is 4.88. The van der Waals surface area contributed by atoms with Crippen molar-refractivity contribution in [2.75, 3.05) is 0 Å². The molecule has 11 aromatic rings. The van der Waals surface area contributed by atoms with Gasteiger partial charge in [-0.15, -0.1) is 0 Å². The van der Waals surface area contributed by atoms with Crippen LogP contribution in [0.25, 0.3) is 66.1 Å². The number of fused-ring (bicyclic) bond motifs is 6. The zero-order chi connectivity index (χ0) is 44.5. The van der Waals surface area contributed by atoms with Crippen molar-refractivity contribution in [3.63, 3.8) is 0 Å². The van der Waals surface area contributed by atoms with Crippen LogP contribution in [0.5, 0.6) is 0 Å². The van der Waals surface area contributed by atoms with E-state index in [9.17, 15) is 0 Å². The molecule has 11 aromatic carbocycles. The second-order valence-electron chi connectivity index (χ2n) is 19.5. The largest absolute Gasteiger partial charge is 0.0713 e. The molecule has 0 nitrogen and oxygen atoms in total. The van der Waals surface area contributed by atoms with E-state index in [4.69, 9.17) is 0 Å². The minimum atomic E-state index is -0.446. The molecule has 0 fully saturated rings. The van der Waals surface area contributed by atoms with Gasteiger partial charge in [0, 0.05) is 5.41 Å². The van der Waals surface area contributed by atoms with Gasteiger partial charge in [-0.25, -0.2) is 0 Å². The van der Waals surface area contributed by atoms with Gasteiger partial charge < -0.3 is 0 Å². The number of hydrogen-bond acceptors (Lipinski definition) is 0. The van der Waals surface area contributed by atoms with E-state index in [1.54, 1.807) is 0 Å². The Morgan fingerprint density at radius 2 is 0.552 bits per heavy atom.